The number of methoxy groups -OCH3 is 1. The summed E-state index contributed by atoms with van der Waals surface area (Å²) >= 11 is 6.02. The van der Waals surface area contributed by atoms with Crippen molar-refractivity contribution >= 4 is 45.0 Å². The van der Waals surface area contributed by atoms with Gasteiger partial charge in [-0.15, -0.1) is 0 Å². The molecule has 3 aromatic rings. The summed E-state index contributed by atoms with van der Waals surface area (Å²) in [7, 11) is -2.25. The second-order valence-electron chi connectivity index (χ2n) is 6.68. The van der Waals surface area contributed by atoms with E-state index < -0.39 is 10.0 Å². The zero-order valence-corrected chi connectivity index (χ0v) is 18.5. The summed E-state index contributed by atoms with van der Waals surface area (Å²) in [5, 5.41) is 3.08. The monoisotopic (exact) mass is 456 g/mol. The first-order valence-corrected chi connectivity index (χ1v) is 11.2. The van der Waals surface area contributed by atoms with E-state index in [-0.39, 0.29) is 10.8 Å². The number of nitrogens with one attached hydrogen (secondary N) is 2. The average Bonchev–Trinajstić information content (AvgIpc) is 2.74. The summed E-state index contributed by atoms with van der Waals surface area (Å²) < 4.78 is 32.8. The Morgan fingerprint density at radius 2 is 1.71 bits per heavy atom. The average molecular weight is 457 g/mol. The maximum atomic E-state index is 12.6. The van der Waals surface area contributed by atoms with Crippen LogP contribution in [-0.4, -0.2) is 21.4 Å². The number of hydrogen-bond acceptors (Lipinski definition) is 4. The van der Waals surface area contributed by atoms with Crippen LogP contribution in [-0.2, 0) is 14.8 Å². The van der Waals surface area contributed by atoms with Gasteiger partial charge in [0.2, 0.25) is 5.91 Å². The molecule has 0 spiro atoms. The molecule has 0 aromatic heterocycles. The zero-order valence-electron chi connectivity index (χ0n) is 16.9. The molecule has 3 aromatic carbocycles. The number of anilines is 2. The van der Waals surface area contributed by atoms with E-state index >= 15 is 0 Å². The van der Waals surface area contributed by atoms with Gasteiger partial charge in [0.25, 0.3) is 10.0 Å². The summed E-state index contributed by atoms with van der Waals surface area (Å²) in [4.78, 5) is 12.3. The molecule has 0 aliphatic carbocycles. The van der Waals surface area contributed by atoms with E-state index in [0.29, 0.717) is 27.7 Å². The van der Waals surface area contributed by atoms with E-state index in [1.165, 1.54) is 25.3 Å². The third-order valence-corrected chi connectivity index (χ3v) is 6.06. The number of para-hydroxylation sites is 1. The Bertz CT molecular complexity index is 1220. The fourth-order valence-electron chi connectivity index (χ4n) is 2.77. The molecule has 31 heavy (non-hydrogen) atoms. The lowest BCUT2D eigenvalue weighted by Crippen LogP contribution is -2.13. The smallest absolute Gasteiger partial charge is 0.261 e. The maximum absolute atomic E-state index is 12.6. The summed E-state index contributed by atoms with van der Waals surface area (Å²) in [5.41, 5.74) is 2.53. The molecular weight excluding hydrogens is 436 g/mol. The van der Waals surface area contributed by atoms with E-state index in [4.69, 9.17) is 16.3 Å². The van der Waals surface area contributed by atoms with Gasteiger partial charge >= 0.3 is 0 Å². The molecule has 0 saturated carbocycles. The lowest BCUT2D eigenvalue weighted by molar-refractivity contribution is -0.111. The Morgan fingerprint density at radius 1 is 1.00 bits per heavy atom. The number of hydrogen-bond donors (Lipinski definition) is 2. The molecule has 0 saturated heterocycles. The number of halogens is 1. The van der Waals surface area contributed by atoms with Crippen molar-refractivity contribution in [1.82, 2.24) is 0 Å². The van der Waals surface area contributed by atoms with Gasteiger partial charge in [-0.3, -0.25) is 9.52 Å². The number of sulfonamides is 1. The maximum Gasteiger partial charge on any atom is 0.261 e. The van der Waals surface area contributed by atoms with E-state index in [0.717, 1.165) is 5.56 Å². The van der Waals surface area contributed by atoms with Gasteiger partial charge in [-0.25, -0.2) is 8.42 Å². The highest BCUT2D eigenvalue weighted by Gasteiger charge is 2.15. The van der Waals surface area contributed by atoms with Gasteiger partial charge in [-0.2, -0.15) is 0 Å². The first-order valence-electron chi connectivity index (χ1n) is 9.29. The molecule has 0 unspecified atom stereocenters. The Labute approximate surface area is 186 Å². The van der Waals surface area contributed by atoms with Gasteiger partial charge in [0, 0.05) is 6.08 Å². The van der Waals surface area contributed by atoms with Gasteiger partial charge in [0.15, 0.2) is 0 Å². The Morgan fingerprint density at radius 3 is 2.39 bits per heavy atom. The molecule has 6 nitrogen and oxygen atoms in total. The molecule has 0 fully saturated rings. The molecule has 0 aliphatic heterocycles. The zero-order chi connectivity index (χ0) is 22.4. The summed E-state index contributed by atoms with van der Waals surface area (Å²) in [6.45, 7) is 1.92. The van der Waals surface area contributed by atoms with Crippen LogP contribution in [0.5, 0.6) is 5.75 Å². The van der Waals surface area contributed by atoms with Crippen molar-refractivity contribution in [3.05, 3.63) is 89.0 Å². The predicted octanol–water partition coefficient (Wildman–Crippen LogP) is 5.11. The number of carbonyl (C=O) groups excluding carboxylic acids is 1. The van der Waals surface area contributed by atoms with Crippen molar-refractivity contribution in [2.24, 2.45) is 0 Å². The van der Waals surface area contributed by atoms with E-state index in [1.54, 1.807) is 48.5 Å². The number of carbonyl (C=O) groups is 1. The first kappa shape index (κ1) is 22.4. The molecule has 3 rings (SSSR count). The van der Waals surface area contributed by atoms with Gasteiger partial charge in [0.05, 0.1) is 28.4 Å². The minimum atomic E-state index is -3.79. The molecule has 0 aliphatic rings. The molecule has 0 atom stereocenters. The number of ether oxygens (including phenoxy) is 1. The van der Waals surface area contributed by atoms with Gasteiger partial charge in [-0.05, 0) is 60.5 Å². The van der Waals surface area contributed by atoms with Crippen LogP contribution in [0.4, 0.5) is 11.4 Å². The predicted molar refractivity (Wildman–Crippen MR) is 124 cm³/mol. The number of benzene rings is 3. The summed E-state index contributed by atoms with van der Waals surface area (Å²) in [6.07, 6.45) is 2.96. The van der Waals surface area contributed by atoms with Crippen LogP contribution in [0.1, 0.15) is 11.1 Å². The van der Waals surface area contributed by atoms with Crippen molar-refractivity contribution in [3.8, 4) is 5.75 Å². The minimum absolute atomic E-state index is 0.0820. The van der Waals surface area contributed by atoms with Crippen LogP contribution >= 0.6 is 11.6 Å². The second-order valence-corrected chi connectivity index (χ2v) is 8.77. The summed E-state index contributed by atoms with van der Waals surface area (Å²) in [5.74, 6) is 0.230. The van der Waals surface area contributed by atoms with Crippen molar-refractivity contribution < 1.29 is 17.9 Å². The molecule has 0 radical (unpaired) electrons. The van der Waals surface area contributed by atoms with Crippen LogP contribution in [0.15, 0.2) is 77.7 Å². The fourth-order valence-corrected chi connectivity index (χ4v) is 4.09. The molecule has 1 amide bonds. The number of rotatable bonds is 7. The van der Waals surface area contributed by atoms with Crippen molar-refractivity contribution in [1.29, 1.82) is 0 Å². The van der Waals surface area contributed by atoms with Gasteiger partial charge in [-0.1, -0.05) is 41.9 Å². The van der Waals surface area contributed by atoms with Gasteiger partial charge in [0.1, 0.15) is 5.75 Å². The third-order valence-electron chi connectivity index (χ3n) is 4.35. The van der Waals surface area contributed by atoms with Crippen LogP contribution in [0.3, 0.4) is 0 Å². The fraction of sp³-hybridized carbons (Fsp3) is 0.0870. The largest absolute Gasteiger partial charge is 0.495 e. The van der Waals surface area contributed by atoms with Crippen molar-refractivity contribution in [3.63, 3.8) is 0 Å². The second kappa shape index (κ2) is 9.68. The lowest BCUT2D eigenvalue weighted by Gasteiger charge is -2.10. The Balaban J connectivity index is 1.69. The highest BCUT2D eigenvalue weighted by molar-refractivity contribution is 7.92. The summed E-state index contributed by atoms with van der Waals surface area (Å²) in [6, 6.07) is 18.2. The van der Waals surface area contributed by atoms with Crippen LogP contribution in [0, 0.1) is 6.92 Å². The van der Waals surface area contributed by atoms with Crippen molar-refractivity contribution in [2.45, 2.75) is 11.8 Å². The molecular formula is C23H21ClN2O4S. The van der Waals surface area contributed by atoms with E-state index in [2.05, 4.69) is 10.0 Å². The van der Waals surface area contributed by atoms with Crippen LogP contribution in [0.2, 0.25) is 5.02 Å². The highest BCUT2D eigenvalue weighted by Crippen LogP contribution is 2.26. The van der Waals surface area contributed by atoms with Crippen LogP contribution < -0.4 is 14.8 Å². The van der Waals surface area contributed by atoms with Crippen molar-refractivity contribution in [2.75, 3.05) is 17.1 Å². The normalized spacial score (nSPS) is 11.3. The third kappa shape index (κ3) is 5.87. The molecule has 8 heteroatoms. The highest BCUT2D eigenvalue weighted by atomic mass is 35.5. The van der Waals surface area contributed by atoms with Gasteiger partial charge < -0.3 is 10.1 Å². The Hall–Kier alpha value is -3.29. The SMILES string of the molecule is COc1ccc(C)cc1NC(=O)/C=C/c1ccc(S(=O)(=O)Nc2ccccc2Cl)cc1. The first-order chi connectivity index (χ1) is 14.8. The minimum Gasteiger partial charge on any atom is -0.495 e. The van der Waals surface area contributed by atoms with E-state index in [1.807, 2.05) is 19.1 Å². The quantitative estimate of drug-likeness (QED) is 0.484. The molecule has 0 bridgehead atoms. The molecule has 0 heterocycles. The topological polar surface area (TPSA) is 84.5 Å². The molecule has 160 valence electrons. The van der Waals surface area contributed by atoms with Crippen LogP contribution in [0.25, 0.3) is 6.08 Å². The van der Waals surface area contributed by atoms with E-state index in [9.17, 15) is 13.2 Å². The lowest BCUT2D eigenvalue weighted by atomic mass is 10.2. The Kier molecular flexibility index (Phi) is 6.99. The molecule has 2 N–H and O–H groups in total. The number of aryl methyl sites for hydroxylation is 1. The number of amides is 1. The standard InChI is InChI=1S/C23H21ClN2O4S/c1-16-7-13-22(30-2)21(15-16)25-23(27)14-10-17-8-11-18(12-9-17)31(28,29)26-20-6-4-3-5-19(20)24/h3-15,26H,1-2H3,(H,25,27)/b14-10+.